The predicted molar refractivity (Wildman–Crippen MR) is 50.8 cm³/mol. The number of hydrogen-bond acceptors (Lipinski definition) is 4. The molecule has 0 aromatic carbocycles. The molecule has 1 rings (SSSR count). The van der Waals surface area contributed by atoms with Crippen molar-refractivity contribution in [3.63, 3.8) is 0 Å². The summed E-state index contributed by atoms with van der Waals surface area (Å²) in [5.41, 5.74) is 0. The molecular formula is C10H18O4. The Labute approximate surface area is 84.2 Å². The van der Waals surface area contributed by atoms with Gasteiger partial charge in [0.2, 0.25) is 0 Å². The average Bonchev–Trinajstić information content (AvgIpc) is 2.62. The molecule has 1 fully saturated rings. The maximum Gasteiger partial charge on any atom is 0.302 e. The quantitative estimate of drug-likeness (QED) is 0.683. The van der Waals surface area contributed by atoms with E-state index in [0.717, 1.165) is 12.8 Å². The van der Waals surface area contributed by atoms with E-state index in [1.807, 2.05) is 6.92 Å². The minimum Gasteiger partial charge on any atom is -0.463 e. The van der Waals surface area contributed by atoms with E-state index in [-0.39, 0.29) is 30.7 Å². The molecule has 0 bridgehead atoms. The van der Waals surface area contributed by atoms with E-state index in [1.54, 1.807) is 0 Å². The van der Waals surface area contributed by atoms with Gasteiger partial charge in [0, 0.05) is 19.4 Å². The Morgan fingerprint density at radius 3 is 2.93 bits per heavy atom. The standard InChI is InChI=1S/C10H18O4/c1-7(5-11)10-4-3-9(14-10)6-13-8(2)12/h7,9-11H,3-6H2,1-2H3/t7-,9+,10-/m0/s1. The zero-order valence-electron chi connectivity index (χ0n) is 8.73. The molecule has 1 saturated heterocycles. The van der Waals surface area contributed by atoms with Gasteiger partial charge in [-0.25, -0.2) is 0 Å². The molecule has 0 aromatic rings. The zero-order chi connectivity index (χ0) is 10.6. The first kappa shape index (κ1) is 11.5. The van der Waals surface area contributed by atoms with Crippen molar-refractivity contribution in [1.82, 2.24) is 0 Å². The SMILES string of the molecule is CC(=O)OC[C@H]1CC[C@@H]([C@@H](C)CO)O1. The smallest absolute Gasteiger partial charge is 0.302 e. The van der Waals surface area contributed by atoms with Gasteiger partial charge in [-0.3, -0.25) is 4.79 Å². The van der Waals surface area contributed by atoms with Crippen LogP contribution in [-0.2, 0) is 14.3 Å². The van der Waals surface area contributed by atoms with E-state index < -0.39 is 0 Å². The summed E-state index contributed by atoms with van der Waals surface area (Å²) in [7, 11) is 0. The summed E-state index contributed by atoms with van der Waals surface area (Å²) in [6, 6.07) is 0. The van der Waals surface area contributed by atoms with E-state index in [2.05, 4.69) is 0 Å². The second-order valence-corrected chi connectivity index (χ2v) is 3.84. The molecule has 0 aromatic heterocycles. The van der Waals surface area contributed by atoms with Gasteiger partial charge in [-0.1, -0.05) is 6.92 Å². The summed E-state index contributed by atoms with van der Waals surface area (Å²) in [5, 5.41) is 8.93. The Kier molecular flexibility index (Phi) is 4.35. The van der Waals surface area contributed by atoms with E-state index in [9.17, 15) is 4.79 Å². The molecule has 1 aliphatic rings. The van der Waals surface area contributed by atoms with Crippen LogP contribution in [-0.4, -0.2) is 36.5 Å². The van der Waals surface area contributed by atoms with E-state index in [0.29, 0.717) is 6.61 Å². The number of rotatable bonds is 4. The number of ether oxygens (including phenoxy) is 2. The first-order valence-corrected chi connectivity index (χ1v) is 5.03. The Hall–Kier alpha value is -0.610. The van der Waals surface area contributed by atoms with Crippen molar-refractivity contribution < 1.29 is 19.4 Å². The lowest BCUT2D eigenvalue weighted by atomic mass is 10.0. The van der Waals surface area contributed by atoms with Gasteiger partial charge in [-0.2, -0.15) is 0 Å². The second kappa shape index (κ2) is 5.32. The number of carbonyl (C=O) groups excluding carboxylic acids is 1. The van der Waals surface area contributed by atoms with Crippen molar-refractivity contribution in [1.29, 1.82) is 0 Å². The molecule has 4 nitrogen and oxygen atoms in total. The summed E-state index contributed by atoms with van der Waals surface area (Å²) >= 11 is 0. The highest BCUT2D eigenvalue weighted by Crippen LogP contribution is 2.25. The number of aliphatic hydroxyl groups is 1. The van der Waals surface area contributed by atoms with Gasteiger partial charge >= 0.3 is 5.97 Å². The van der Waals surface area contributed by atoms with E-state index in [1.165, 1.54) is 6.92 Å². The van der Waals surface area contributed by atoms with Crippen LogP contribution in [0.4, 0.5) is 0 Å². The largest absolute Gasteiger partial charge is 0.463 e. The van der Waals surface area contributed by atoms with Crippen LogP contribution in [0.1, 0.15) is 26.7 Å². The predicted octanol–water partition coefficient (Wildman–Crippen LogP) is 0.725. The van der Waals surface area contributed by atoms with Crippen molar-refractivity contribution in [2.24, 2.45) is 5.92 Å². The van der Waals surface area contributed by atoms with Crippen LogP contribution in [0, 0.1) is 5.92 Å². The Morgan fingerprint density at radius 2 is 2.36 bits per heavy atom. The van der Waals surface area contributed by atoms with Gasteiger partial charge in [0.05, 0.1) is 12.2 Å². The molecule has 3 atom stereocenters. The van der Waals surface area contributed by atoms with Gasteiger partial charge in [0.15, 0.2) is 0 Å². The number of aliphatic hydroxyl groups excluding tert-OH is 1. The topological polar surface area (TPSA) is 55.8 Å². The van der Waals surface area contributed by atoms with Crippen LogP contribution >= 0.6 is 0 Å². The maximum atomic E-state index is 10.6. The minimum atomic E-state index is -0.271. The van der Waals surface area contributed by atoms with Crippen LogP contribution in [0.5, 0.6) is 0 Å². The van der Waals surface area contributed by atoms with Crippen LogP contribution in [0.15, 0.2) is 0 Å². The summed E-state index contributed by atoms with van der Waals surface area (Å²) in [4.78, 5) is 10.6. The van der Waals surface area contributed by atoms with Crippen molar-refractivity contribution >= 4 is 5.97 Å². The highest BCUT2D eigenvalue weighted by Gasteiger charge is 2.29. The van der Waals surface area contributed by atoms with Gasteiger partial charge < -0.3 is 14.6 Å². The molecule has 0 radical (unpaired) electrons. The summed E-state index contributed by atoms with van der Waals surface area (Å²) < 4.78 is 10.5. The molecule has 1 aliphatic heterocycles. The molecule has 0 aliphatic carbocycles. The van der Waals surface area contributed by atoms with Gasteiger partial charge in [-0.05, 0) is 12.8 Å². The highest BCUT2D eigenvalue weighted by molar-refractivity contribution is 5.65. The van der Waals surface area contributed by atoms with Crippen LogP contribution < -0.4 is 0 Å². The third kappa shape index (κ3) is 3.27. The average molecular weight is 202 g/mol. The molecule has 0 unspecified atom stereocenters. The van der Waals surface area contributed by atoms with Crippen molar-refractivity contribution in [2.45, 2.75) is 38.9 Å². The monoisotopic (exact) mass is 202 g/mol. The Morgan fingerprint density at radius 1 is 1.64 bits per heavy atom. The number of carbonyl (C=O) groups is 1. The molecule has 0 amide bonds. The first-order chi connectivity index (χ1) is 6.63. The van der Waals surface area contributed by atoms with Crippen molar-refractivity contribution in [2.75, 3.05) is 13.2 Å². The summed E-state index contributed by atoms with van der Waals surface area (Å²) in [6.45, 7) is 3.83. The summed E-state index contributed by atoms with van der Waals surface area (Å²) in [5.74, 6) is -0.107. The lowest BCUT2D eigenvalue weighted by Crippen LogP contribution is -2.24. The molecule has 0 saturated carbocycles. The van der Waals surface area contributed by atoms with Crippen LogP contribution in [0.3, 0.4) is 0 Å². The number of esters is 1. The lowest BCUT2D eigenvalue weighted by Gasteiger charge is -2.17. The highest BCUT2D eigenvalue weighted by atomic mass is 16.6. The molecule has 1 N–H and O–H groups in total. The number of hydrogen-bond donors (Lipinski definition) is 1. The third-order valence-electron chi connectivity index (χ3n) is 2.54. The fraction of sp³-hybridized carbons (Fsp3) is 0.900. The molecule has 0 spiro atoms. The second-order valence-electron chi connectivity index (χ2n) is 3.84. The van der Waals surface area contributed by atoms with Gasteiger partial charge in [-0.15, -0.1) is 0 Å². The third-order valence-corrected chi connectivity index (χ3v) is 2.54. The Balaban J connectivity index is 2.23. The molecule has 4 heteroatoms. The zero-order valence-corrected chi connectivity index (χ0v) is 8.73. The fourth-order valence-corrected chi connectivity index (χ4v) is 1.60. The fourth-order valence-electron chi connectivity index (χ4n) is 1.60. The van der Waals surface area contributed by atoms with Crippen molar-refractivity contribution in [3.8, 4) is 0 Å². The first-order valence-electron chi connectivity index (χ1n) is 5.03. The molecule has 14 heavy (non-hydrogen) atoms. The van der Waals surface area contributed by atoms with Gasteiger partial charge in [0.1, 0.15) is 6.61 Å². The lowest BCUT2D eigenvalue weighted by molar-refractivity contribution is -0.145. The Bertz CT molecular complexity index is 193. The minimum absolute atomic E-state index is 0.0119. The maximum absolute atomic E-state index is 10.6. The van der Waals surface area contributed by atoms with Crippen LogP contribution in [0.25, 0.3) is 0 Å². The normalized spacial score (nSPS) is 28.8. The summed E-state index contributed by atoms with van der Waals surface area (Å²) in [6.07, 6.45) is 1.97. The molecular weight excluding hydrogens is 184 g/mol. The van der Waals surface area contributed by atoms with Gasteiger partial charge in [0.25, 0.3) is 0 Å². The molecule has 82 valence electrons. The van der Waals surface area contributed by atoms with E-state index >= 15 is 0 Å². The van der Waals surface area contributed by atoms with Crippen LogP contribution in [0.2, 0.25) is 0 Å². The molecule has 1 heterocycles. The van der Waals surface area contributed by atoms with E-state index in [4.69, 9.17) is 14.6 Å². The van der Waals surface area contributed by atoms with Crippen molar-refractivity contribution in [3.05, 3.63) is 0 Å².